The SMILES string of the molecule is COCCNC(=O)[C@@H]1C[C@H](NCc2sccc2C)CN1Cc1ccc(Cl)cc1. The number of thiophene rings is 1. The number of amides is 1. The minimum atomic E-state index is -0.144. The van der Waals surface area contributed by atoms with Gasteiger partial charge in [-0.15, -0.1) is 11.3 Å². The van der Waals surface area contributed by atoms with E-state index in [0.29, 0.717) is 13.2 Å². The van der Waals surface area contributed by atoms with Crippen LogP contribution in [0.4, 0.5) is 0 Å². The molecule has 2 N–H and O–H groups in total. The van der Waals surface area contributed by atoms with E-state index in [-0.39, 0.29) is 18.0 Å². The standard InChI is InChI=1S/C21H28ClN3O2S/c1-15-7-10-28-20(15)12-24-18-11-19(21(26)23-8-9-27-2)25(14-18)13-16-3-5-17(22)6-4-16/h3-7,10,18-19,24H,8-9,11-14H2,1-2H3,(H,23,26)/t18-,19-/m0/s1. The average Bonchev–Trinajstić information content (AvgIpc) is 3.28. The predicted octanol–water partition coefficient (Wildman–Crippen LogP) is 3.21. The zero-order chi connectivity index (χ0) is 19.9. The Morgan fingerprint density at radius 2 is 2.11 bits per heavy atom. The molecule has 3 rings (SSSR count). The van der Waals surface area contributed by atoms with Crippen molar-refractivity contribution in [2.75, 3.05) is 26.8 Å². The Morgan fingerprint density at radius 1 is 1.32 bits per heavy atom. The number of nitrogens with one attached hydrogen (secondary N) is 2. The van der Waals surface area contributed by atoms with Gasteiger partial charge in [-0.2, -0.15) is 0 Å². The molecule has 0 radical (unpaired) electrons. The molecule has 5 nitrogen and oxygen atoms in total. The molecule has 1 saturated heterocycles. The molecule has 1 aliphatic rings. The molecule has 2 heterocycles. The molecule has 0 saturated carbocycles. The Hall–Kier alpha value is -1.44. The Balaban J connectivity index is 1.63. The molecule has 152 valence electrons. The summed E-state index contributed by atoms with van der Waals surface area (Å²) < 4.78 is 5.05. The second kappa shape index (κ2) is 10.4. The van der Waals surface area contributed by atoms with Crippen LogP contribution in [0.1, 0.15) is 22.4 Å². The van der Waals surface area contributed by atoms with Crippen LogP contribution in [0, 0.1) is 6.92 Å². The van der Waals surface area contributed by atoms with Gasteiger partial charge in [0.15, 0.2) is 0 Å². The van der Waals surface area contributed by atoms with Crippen molar-refractivity contribution < 1.29 is 9.53 Å². The maximum absolute atomic E-state index is 12.8. The van der Waals surface area contributed by atoms with Gasteiger partial charge in [-0.05, 0) is 48.1 Å². The normalized spacial score (nSPS) is 19.8. The number of rotatable bonds is 9. The first-order valence-electron chi connectivity index (χ1n) is 9.58. The Kier molecular flexibility index (Phi) is 7.88. The van der Waals surface area contributed by atoms with E-state index in [1.165, 1.54) is 10.4 Å². The van der Waals surface area contributed by atoms with Crippen molar-refractivity contribution in [3.8, 4) is 0 Å². The zero-order valence-corrected chi connectivity index (χ0v) is 18.0. The number of halogens is 1. The maximum atomic E-state index is 12.8. The second-order valence-corrected chi connectivity index (χ2v) is 8.63. The van der Waals surface area contributed by atoms with E-state index < -0.39 is 0 Å². The van der Waals surface area contributed by atoms with Crippen LogP contribution in [0.5, 0.6) is 0 Å². The molecule has 0 aliphatic carbocycles. The topological polar surface area (TPSA) is 53.6 Å². The molecule has 2 atom stereocenters. The second-order valence-electron chi connectivity index (χ2n) is 7.20. The number of carbonyl (C=O) groups excluding carboxylic acids is 1. The molecule has 1 aliphatic heterocycles. The number of methoxy groups -OCH3 is 1. The first-order chi connectivity index (χ1) is 13.6. The monoisotopic (exact) mass is 421 g/mol. The van der Waals surface area contributed by atoms with Gasteiger partial charge in [0.2, 0.25) is 5.91 Å². The van der Waals surface area contributed by atoms with Gasteiger partial charge in [-0.3, -0.25) is 9.69 Å². The molecule has 1 amide bonds. The summed E-state index contributed by atoms with van der Waals surface area (Å²) >= 11 is 7.78. The summed E-state index contributed by atoms with van der Waals surface area (Å²) in [6.07, 6.45) is 0.802. The van der Waals surface area contributed by atoms with E-state index in [4.69, 9.17) is 16.3 Å². The van der Waals surface area contributed by atoms with Crippen LogP contribution in [-0.4, -0.2) is 49.7 Å². The minimum absolute atomic E-state index is 0.0719. The lowest BCUT2D eigenvalue weighted by Crippen LogP contribution is -2.43. The molecule has 0 spiro atoms. The van der Waals surface area contributed by atoms with Crippen molar-refractivity contribution in [2.24, 2.45) is 0 Å². The molecular formula is C21H28ClN3O2S. The largest absolute Gasteiger partial charge is 0.383 e. The molecule has 2 aromatic rings. The number of ether oxygens (including phenoxy) is 1. The summed E-state index contributed by atoms with van der Waals surface area (Å²) in [4.78, 5) is 16.4. The van der Waals surface area contributed by atoms with Crippen LogP contribution in [0.3, 0.4) is 0 Å². The number of likely N-dealkylation sites (tertiary alicyclic amines) is 1. The van der Waals surface area contributed by atoms with Gasteiger partial charge >= 0.3 is 0 Å². The molecule has 28 heavy (non-hydrogen) atoms. The average molecular weight is 422 g/mol. The fourth-order valence-corrected chi connectivity index (χ4v) is 4.52. The van der Waals surface area contributed by atoms with E-state index in [1.54, 1.807) is 18.4 Å². The Morgan fingerprint density at radius 3 is 2.79 bits per heavy atom. The van der Waals surface area contributed by atoms with Crippen molar-refractivity contribution in [2.45, 2.75) is 38.5 Å². The van der Waals surface area contributed by atoms with Gasteiger partial charge in [-0.1, -0.05) is 23.7 Å². The third kappa shape index (κ3) is 5.78. The molecule has 1 fully saturated rings. The van der Waals surface area contributed by atoms with Crippen molar-refractivity contribution in [1.82, 2.24) is 15.5 Å². The number of aryl methyl sites for hydroxylation is 1. The molecule has 1 aromatic heterocycles. The van der Waals surface area contributed by atoms with Gasteiger partial charge in [0, 0.05) is 49.2 Å². The lowest BCUT2D eigenvalue weighted by Gasteiger charge is -2.23. The quantitative estimate of drug-likeness (QED) is 0.610. The summed E-state index contributed by atoms with van der Waals surface area (Å²) in [6, 6.07) is 10.1. The van der Waals surface area contributed by atoms with Gasteiger partial charge in [0.25, 0.3) is 0 Å². The molecule has 0 bridgehead atoms. The lowest BCUT2D eigenvalue weighted by atomic mass is 10.1. The minimum Gasteiger partial charge on any atom is -0.383 e. The summed E-state index contributed by atoms with van der Waals surface area (Å²) in [5, 5.41) is 9.49. The van der Waals surface area contributed by atoms with Crippen LogP contribution in [0.25, 0.3) is 0 Å². The fourth-order valence-electron chi connectivity index (χ4n) is 3.54. The van der Waals surface area contributed by atoms with Crippen molar-refractivity contribution in [3.05, 3.63) is 56.7 Å². The van der Waals surface area contributed by atoms with Gasteiger partial charge in [0.1, 0.15) is 0 Å². The van der Waals surface area contributed by atoms with Crippen LogP contribution >= 0.6 is 22.9 Å². The highest BCUT2D eigenvalue weighted by atomic mass is 35.5. The van der Waals surface area contributed by atoms with E-state index in [0.717, 1.165) is 36.6 Å². The first-order valence-corrected chi connectivity index (χ1v) is 10.8. The van der Waals surface area contributed by atoms with Crippen LogP contribution < -0.4 is 10.6 Å². The Labute approximate surface area is 176 Å². The maximum Gasteiger partial charge on any atom is 0.237 e. The van der Waals surface area contributed by atoms with Gasteiger partial charge in [0.05, 0.1) is 12.6 Å². The predicted molar refractivity (Wildman–Crippen MR) is 115 cm³/mol. The molecule has 1 aromatic carbocycles. The fraction of sp³-hybridized carbons (Fsp3) is 0.476. The van der Waals surface area contributed by atoms with Crippen molar-refractivity contribution in [1.29, 1.82) is 0 Å². The molecule has 7 heteroatoms. The number of hydrogen-bond acceptors (Lipinski definition) is 5. The highest BCUT2D eigenvalue weighted by Gasteiger charge is 2.36. The van der Waals surface area contributed by atoms with E-state index in [9.17, 15) is 4.79 Å². The number of hydrogen-bond donors (Lipinski definition) is 2. The van der Waals surface area contributed by atoms with Crippen molar-refractivity contribution in [3.63, 3.8) is 0 Å². The third-order valence-electron chi connectivity index (χ3n) is 5.13. The van der Waals surface area contributed by atoms with Crippen molar-refractivity contribution >= 4 is 28.8 Å². The highest BCUT2D eigenvalue weighted by Crippen LogP contribution is 2.23. The Bertz CT molecular complexity index is 765. The van der Waals surface area contributed by atoms with Crippen LogP contribution in [-0.2, 0) is 22.6 Å². The highest BCUT2D eigenvalue weighted by molar-refractivity contribution is 7.10. The third-order valence-corrected chi connectivity index (χ3v) is 6.40. The van der Waals surface area contributed by atoms with Gasteiger partial charge in [-0.25, -0.2) is 0 Å². The van der Waals surface area contributed by atoms with Crippen LogP contribution in [0.15, 0.2) is 35.7 Å². The van der Waals surface area contributed by atoms with E-state index >= 15 is 0 Å². The molecule has 0 unspecified atom stereocenters. The summed E-state index contributed by atoms with van der Waals surface area (Å²) in [7, 11) is 1.64. The van der Waals surface area contributed by atoms with Crippen LogP contribution in [0.2, 0.25) is 5.02 Å². The van der Waals surface area contributed by atoms with E-state index in [2.05, 4.69) is 33.9 Å². The first kappa shape index (κ1) is 21.3. The zero-order valence-electron chi connectivity index (χ0n) is 16.4. The summed E-state index contributed by atoms with van der Waals surface area (Å²) in [6.45, 7) is 5.62. The smallest absolute Gasteiger partial charge is 0.237 e. The summed E-state index contributed by atoms with van der Waals surface area (Å²) in [5.74, 6) is 0.0719. The lowest BCUT2D eigenvalue weighted by molar-refractivity contribution is -0.125. The van der Waals surface area contributed by atoms with Gasteiger partial charge < -0.3 is 15.4 Å². The molecular weight excluding hydrogens is 394 g/mol. The number of nitrogens with zero attached hydrogens (tertiary/aromatic N) is 1. The number of benzene rings is 1. The van der Waals surface area contributed by atoms with E-state index in [1.807, 2.05) is 24.3 Å². The number of carbonyl (C=O) groups is 1. The summed E-state index contributed by atoms with van der Waals surface area (Å²) in [5.41, 5.74) is 2.48.